The molecule has 1 aromatic heterocycles. The molecule has 4 aromatic rings. The van der Waals surface area contributed by atoms with E-state index in [9.17, 15) is 9.90 Å². The van der Waals surface area contributed by atoms with Crippen LogP contribution in [0.15, 0.2) is 85.1 Å². The fraction of sp³-hybridized carbons (Fsp3) is 0.290. The van der Waals surface area contributed by atoms with Gasteiger partial charge in [-0.05, 0) is 53.3 Å². The third-order valence-corrected chi connectivity index (χ3v) is 7.25. The van der Waals surface area contributed by atoms with Gasteiger partial charge in [0.1, 0.15) is 0 Å². The Kier molecular flexibility index (Phi) is 7.90. The summed E-state index contributed by atoms with van der Waals surface area (Å²) in [5, 5.41) is 11.6. The van der Waals surface area contributed by atoms with Crippen LogP contribution in [0.5, 0.6) is 0 Å². The predicted octanol–water partition coefficient (Wildman–Crippen LogP) is 3.80. The van der Waals surface area contributed by atoms with E-state index in [0.29, 0.717) is 5.56 Å². The first-order valence-electron chi connectivity index (χ1n) is 13.0. The molecule has 0 unspecified atom stereocenters. The Morgan fingerprint density at radius 2 is 1.38 bits per heavy atom. The van der Waals surface area contributed by atoms with E-state index in [1.54, 1.807) is 18.3 Å². The lowest BCUT2D eigenvalue weighted by Crippen LogP contribution is -2.43. The van der Waals surface area contributed by atoms with Crippen molar-refractivity contribution < 1.29 is 9.90 Å². The van der Waals surface area contributed by atoms with Crippen molar-refractivity contribution in [2.75, 3.05) is 26.2 Å². The number of nitrogens with two attached hydrogens (primary N) is 1. The Balaban J connectivity index is 0.000000182. The lowest BCUT2D eigenvalue weighted by molar-refractivity contribution is 0.0648. The van der Waals surface area contributed by atoms with Gasteiger partial charge in [0.2, 0.25) is 5.91 Å². The molecule has 0 saturated carbocycles. The van der Waals surface area contributed by atoms with Crippen LogP contribution in [0.3, 0.4) is 0 Å². The van der Waals surface area contributed by atoms with E-state index in [2.05, 4.69) is 63.3 Å². The van der Waals surface area contributed by atoms with Crippen LogP contribution in [0.25, 0.3) is 10.9 Å². The van der Waals surface area contributed by atoms with Gasteiger partial charge in [-0.3, -0.25) is 19.6 Å². The Hall–Kier alpha value is -3.58. The van der Waals surface area contributed by atoms with Crippen LogP contribution in [0.2, 0.25) is 0 Å². The topological polar surface area (TPSA) is 82.7 Å². The standard InChI is InChI=1S/C21H26N2O.C10H8N2O/c24-21(15-22-11-9-17-5-1-3-7-19(17)13-22)16-23-12-10-18-6-2-4-8-20(18)14-23;11-10(13)8-4-3-7-2-1-5-12-9(7)6-8/h1-8,21,24H,9-16H2;1-6H,(H2,11,13). The highest BCUT2D eigenvalue weighted by Crippen LogP contribution is 2.21. The third-order valence-electron chi connectivity index (χ3n) is 7.25. The molecule has 0 fully saturated rings. The predicted molar refractivity (Wildman–Crippen MR) is 147 cm³/mol. The number of pyridine rings is 1. The van der Waals surface area contributed by atoms with Crippen molar-refractivity contribution in [1.29, 1.82) is 0 Å². The summed E-state index contributed by atoms with van der Waals surface area (Å²) in [7, 11) is 0. The molecular weight excluding hydrogens is 460 g/mol. The molecule has 0 bridgehead atoms. The van der Waals surface area contributed by atoms with Gasteiger partial charge in [0.15, 0.2) is 0 Å². The zero-order valence-corrected chi connectivity index (χ0v) is 21.1. The van der Waals surface area contributed by atoms with Crippen LogP contribution in [0, 0.1) is 0 Å². The van der Waals surface area contributed by atoms with E-state index in [0.717, 1.165) is 63.0 Å². The summed E-state index contributed by atoms with van der Waals surface area (Å²) >= 11 is 0. The molecule has 0 saturated heterocycles. The number of aromatic nitrogens is 1. The summed E-state index contributed by atoms with van der Waals surface area (Å²) in [6, 6.07) is 26.4. The normalized spacial score (nSPS) is 15.5. The lowest BCUT2D eigenvalue weighted by Gasteiger charge is -2.34. The smallest absolute Gasteiger partial charge is 0.248 e. The fourth-order valence-electron chi connectivity index (χ4n) is 5.29. The third kappa shape index (κ3) is 6.41. The van der Waals surface area contributed by atoms with Crippen LogP contribution in [-0.4, -0.2) is 58.1 Å². The second kappa shape index (κ2) is 11.6. The maximum Gasteiger partial charge on any atom is 0.248 e. The number of fused-ring (bicyclic) bond motifs is 3. The summed E-state index contributed by atoms with van der Waals surface area (Å²) in [5.74, 6) is -0.424. The van der Waals surface area contributed by atoms with Crippen molar-refractivity contribution in [3.63, 3.8) is 0 Å². The maximum absolute atomic E-state index is 10.8. The largest absolute Gasteiger partial charge is 0.390 e. The number of hydrogen-bond acceptors (Lipinski definition) is 5. The summed E-state index contributed by atoms with van der Waals surface area (Å²) in [6.07, 6.45) is 3.60. The fourth-order valence-corrected chi connectivity index (χ4v) is 5.29. The molecule has 6 nitrogen and oxygen atoms in total. The number of aliphatic hydroxyl groups excluding tert-OH is 1. The molecule has 6 rings (SSSR count). The summed E-state index contributed by atoms with van der Waals surface area (Å²) < 4.78 is 0. The van der Waals surface area contributed by atoms with Crippen LogP contribution in [-0.2, 0) is 25.9 Å². The first kappa shape index (κ1) is 25.1. The van der Waals surface area contributed by atoms with E-state index in [1.165, 1.54) is 22.3 Å². The molecule has 190 valence electrons. The molecule has 1 amide bonds. The molecule has 3 heterocycles. The molecule has 2 aliphatic rings. The van der Waals surface area contributed by atoms with Crippen LogP contribution < -0.4 is 5.73 Å². The van der Waals surface area contributed by atoms with E-state index in [1.807, 2.05) is 18.2 Å². The minimum Gasteiger partial charge on any atom is -0.390 e. The summed E-state index contributed by atoms with van der Waals surface area (Å²) in [5.41, 5.74) is 12.2. The SMILES string of the molecule is NC(=O)c1ccc2cccnc2c1.OC(CN1CCc2ccccc2C1)CN1CCc2ccccc2C1. The number of primary amides is 1. The Labute approximate surface area is 218 Å². The molecule has 0 spiro atoms. The van der Waals surface area contributed by atoms with Crippen LogP contribution in [0.1, 0.15) is 32.6 Å². The monoisotopic (exact) mass is 494 g/mol. The van der Waals surface area contributed by atoms with Crippen LogP contribution >= 0.6 is 0 Å². The van der Waals surface area contributed by atoms with Gasteiger partial charge in [-0.15, -0.1) is 0 Å². The maximum atomic E-state index is 10.8. The van der Waals surface area contributed by atoms with Gasteiger partial charge in [-0.25, -0.2) is 0 Å². The highest BCUT2D eigenvalue weighted by atomic mass is 16.3. The van der Waals surface area contributed by atoms with Crippen molar-refractivity contribution in [3.8, 4) is 0 Å². The van der Waals surface area contributed by atoms with Gasteiger partial charge in [-0.1, -0.05) is 60.7 Å². The molecule has 2 aliphatic heterocycles. The van der Waals surface area contributed by atoms with Crippen molar-refractivity contribution in [2.45, 2.75) is 32.0 Å². The Bertz CT molecular complexity index is 1310. The minimum absolute atomic E-state index is 0.277. The lowest BCUT2D eigenvalue weighted by atomic mass is 9.99. The first-order chi connectivity index (χ1) is 18.0. The number of amides is 1. The molecule has 6 heteroatoms. The van der Waals surface area contributed by atoms with Crippen molar-refractivity contribution in [2.24, 2.45) is 5.73 Å². The average molecular weight is 495 g/mol. The van der Waals surface area contributed by atoms with E-state index in [4.69, 9.17) is 5.73 Å². The van der Waals surface area contributed by atoms with Gasteiger partial charge in [-0.2, -0.15) is 0 Å². The number of benzene rings is 3. The van der Waals surface area contributed by atoms with Gasteiger partial charge in [0, 0.05) is 56.4 Å². The van der Waals surface area contributed by atoms with Crippen molar-refractivity contribution in [3.05, 3.63) is 113 Å². The van der Waals surface area contributed by atoms with Crippen molar-refractivity contribution in [1.82, 2.24) is 14.8 Å². The number of β-amino-alcohol motifs (C(OH)–C–C–N with tert-alkyl or cyclic N) is 1. The quantitative estimate of drug-likeness (QED) is 0.441. The van der Waals surface area contributed by atoms with Gasteiger partial charge in [0.25, 0.3) is 0 Å². The minimum atomic E-state index is -0.424. The summed E-state index contributed by atoms with van der Waals surface area (Å²) in [6.45, 7) is 5.58. The number of aliphatic hydroxyl groups is 1. The molecular formula is C31H34N4O2. The molecule has 3 aromatic carbocycles. The second-order valence-electron chi connectivity index (χ2n) is 9.94. The number of nitrogens with zero attached hydrogens (tertiary/aromatic N) is 3. The van der Waals surface area contributed by atoms with E-state index in [-0.39, 0.29) is 6.10 Å². The molecule has 3 N–H and O–H groups in total. The molecule has 0 atom stereocenters. The molecule has 37 heavy (non-hydrogen) atoms. The van der Waals surface area contributed by atoms with E-state index < -0.39 is 5.91 Å². The van der Waals surface area contributed by atoms with Gasteiger partial charge < -0.3 is 10.8 Å². The number of carbonyl (C=O) groups is 1. The first-order valence-corrected chi connectivity index (χ1v) is 13.0. The van der Waals surface area contributed by atoms with E-state index >= 15 is 0 Å². The molecule has 0 radical (unpaired) electrons. The number of carbonyl (C=O) groups excluding carboxylic acids is 1. The zero-order valence-electron chi connectivity index (χ0n) is 21.1. The Morgan fingerprint density at radius 3 is 1.95 bits per heavy atom. The van der Waals surface area contributed by atoms with Crippen molar-refractivity contribution >= 4 is 16.8 Å². The summed E-state index contributed by atoms with van der Waals surface area (Å²) in [4.78, 5) is 19.7. The Morgan fingerprint density at radius 1 is 0.811 bits per heavy atom. The van der Waals surface area contributed by atoms with Gasteiger partial charge in [0.05, 0.1) is 11.6 Å². The number of hydrogen-bond donors (Lipinski definition) is 2. The van der Waals surface area contributed by atoms with Crippen LogP contribution in [0.4, 0.5) is 0 Å². The highest BCUT2D eigenvalue weighted by Gasteiger charge is 2.22. The number of rotatable bonds is 5. The van der Waals surface area contributed by atoms with Gasteiger partial charge >= 0.3 is 0 Å². The zero-order chi connectivity index (χ0) is 25.6. The second-order valence-corrected chi connectivity index (χ2v) is 9.94. The molecule has 0 aliphatic carbocycles. The highest BCUT2D eigenvalue weighted by molar-refractivity contribution is 5.96. The average Bonchev–Trinajstić information content (AvgIpc) is 2.93.